The molecule has 0 atom stereocenters. The van der Waals surface area contributed by atoms with Crippen LogP contribution in [0.3, 0.4) is 0 Å². The summed E-state index contributed by atoms with van der Waals surface area (Å²) in [6, 6.07) is 2.02. The molecule has 0 radical (unpaired) electrons. The number of likely N-dealkylation sites (N-methyl/N-ethyl adjacent to an activating group) is 1. The normalized spacial score (nSPS) is 12.4. The predicted octanol–water partition coefficient (Wildman–Crippen LogP) is 1.42. The molecule has 0 aromatic carbocycles. The first kappa shape index (κ1) is 12.6. The summed E-state index contributed by atoms with van der Waals surface area (Å²) in [5.74, 6) is 0. The molecule has 2 rings (SSSR count). The third kappa shape index (κ3) is 2.68. The molecule has 5 nitrogen and oxygen atoms in total. The molecule has 96 valence electrons. The molecule has 0 aliphatic carbocycles. The lowest BCUT2D eigenvalue weighted by atomic mass is 10.1. The molecule has 0 aliphatic rings. The van der Waals surface area contributed by atoms with E-state index in [9.17, 15) is 0 Å². The molecule has 2 aromatic rings. The van der Waals surface area contributed by atoms with Crippen LogP contribution in [0.15, 0.2) is 24.8 Å². The molecule has 0 unspecified atom stereocenters. The van der Waals surface area contributed by atoms with Gasteiger partial charge in [0.25, 0.3) is 0 Å². The van der Waals surface area contributed by atoms with Gasteiger partial charge in [0.15, 0.2) is 0 Å². The van der Waals surface area contributed by atoms with Crippen molar-refractivity contribution in [2.45, 2.75) is 0 Å². The Bertz CT molecular complexity index is 553. The van der Waals surface area contributed by atoms with E-state index in [1.54, 1.807) is 6.33 Å². The number of aromatic amines is 1. The Kier molecular flexibility index (Phi) is 3.62. The molecule has 0 amide bonds. The van der Waals surface area contributed by atoms with E-state index in [2.05, 4.69) is 40.1 Å². The molecule has 0 bridgehead atoms. The summed E-state index contributed by atoms with van der Waals surface area (Å²) in [6.07, 6.45) is 5.61. The molecule has 5 heteroatoms. The minimum Gasteiger partial charge on any atom is -0.383 e. The lowest BCUT2D eigenvalue weighted by Crippen LogP contribution is -2.17. The van der Waals surface area contributed by atoms with E-state index in [0.29, 0.717) is 0 Å². The number of aromatic nitrogens is 3. The van der Waals surface area contributed by atoms with Crippen LogP contribution < -0.4 is 0 Å². The Hall–Kier alpha value is -1.88. The molecule has 2 aromatic heterocycles. The van der Waals surface area contributed by atoms with Gasteiger partial charge in [-0.15, -0.1) is 0 Å². The lowest BCUT2D eigenvalue weighted by molar-refractivity contribution is 0.458. The van der Waals surface area contributed by atoms with Gasteiger partial charge in [-0.1, -0.05) is 0 Å². The van der Waals surface area contributed by atoms with Crippen molar-refractivity contribution in [3.63, 3.8) is 0 Å². The van der Waals surface area contributed by atoms with Gasteiger partial charge in [0.2, 0.25) is 0 Å². The fourth-order valence-electron chi connectivity index (χ4n) is 1.96. The van der Waals surface area contributed by atoms with Crippen molar-refractivity contribution in [3.05, 3.63) is 30.5 Å². The fraction of sp³-hybridized carbons (Fsp3) is 0.385. The van der Waals surface area contributed by atoms with E-state index in [4.69, 9.17) is 0 Å². The van der Waals surface area contributed by atoms with E-state index >= 15 is 0 Å². The summed E-state index contributed by atoms with van der Waals surface area (Å²) in [5.41, 5.74) is 3.05. The highest BCUT2D eigenvalue weighted by atomic mass is 15.1. The van der Waals surface area contributed by atoms with Gasteiger partial charge in [0, 0.05) is 44.0 Å². The zero-order valence-corrected chi connectivity index (χ0v) is 11.3. The Balaban J connectivity index is 2.50. The molecule has 0 saturated heterocycles. The Morgan fingerprint density at radius 3 is 2.72 bits per heavy atom. The molecule has 0 saturated carbocycles. The smallest absolute Gasteiger partial charge is 0.141 e. The second kappa shape index (κ2) is 5.18. The van der Waals surface area contributed by atoms with Gasteiger partial charge in [-0.25, -0.2) is 9.97 Å². The van der Waals surface area contributed by atoms with Crippen molar-refractivity contribution in [2.24, 2.45) is 0 Å². The third-order valence-electron chi connectivity index (χ3n) is 2.56. The van der Waals surface area contributed by atoms with Gasteiger partial charge in [-0.05, 0) is 20.2 Å². The topological polar surface area (TPSA) is 48.1 Å². The van der Waals surface area contributed by atoms with E-state index < -0.39 is 0 Å². The van der Waals surface area contributed by atoms with Crippen LogP contribution in [0, 0.1) is 0 Å². The minimum absolute atomic E-state index is 0.843. The number of H-pyrrole nitrogens is 1. The summed E-state index contributed by atoms with van der Waals surface area (Å²) in [4.78, 5) is 15.9. The van der Waals surface area contributed by atoms with Crippen LogP contribution in [0.1, 0.15) is 5.69 Å². The van der Waals surface area contributed by atoms with Crippen LogP contribution in [0.4, 0.5) is 0 Å². The maximum Gasteiger partial charge on any atom is 0.141 e. The lowest BCUT2D eigenvalue weighted by Gasteiger charge is -2.16. The number of nitrogens with zero attached hydrogens (tertiary/aromatic N) is 4. The standard InChI is InChI=1S/C13H19N5/c1-17(2)7-10(8-18(3)4)12-11-5-6-14-13(11)16-9-15-12/h5-7,9H,8H2,1-4H3,(H,14,15,16)/b10-7+. The molecular formula is C13H19N5. The number of rotatable bonds is 4. The SMILES string of the molecule is CN(C)/C=C(\CN(C)C)c1ncnc2[nH]ccc12. The van der Waals surface area contributed by atoms with E-state index in [1.165, 1.54) is 5.57 Å². The summed E-state index contributed by atoms with van der Waals surface area (Å²) in [5, 5.41) is 1.06. The molecule has 0 aliphatic heterocycles. The average Bonchev–Trinajstić information content (AvgIpc) is 2.74. The second-order valence-corrected chi connectivity index (χ2v) is 4.82. The van der Waals surface area contributed by atoms with Crippen LogP contribution in [0.2, 0.25) is 0 Å². The summed E-state index contributed by atoms with van der Waals surface area (Å²) in [7, 11) is 8.15. The monoisotopic (exact) mass is 245 g/mol. The van der Waals surface area contributed by atoms with Crippen molar-refractivity contribution in [2.75, 3.05) is 34.7 Å². The quantitative estimate of drug-likeness (QED) is 0.885. The first-order valence-electron chi connectivity index (χ1n) is 5.88. The second-order valence-electron chi connectivity index (χ2n) is 4.82. The van der Waals surface area contributed by atoms with E-state index in [-0.39, 0.29) is 0 Å². The van der Waals surface area contributed by atoms with E-state index in [0.717, 1.165) is 23.3 Å². The Morgan fingerprint density at radius 1 is 1.28 bits per heavy atom. The first-order valence-corrected chi connectivity index (χ1v) is 5.88. The van der Waals surface area contributed by atoms with Crippen LogP contribution in [0.25, 0.3) is 16.6 Å². The van der Waals surface area contributed by atoms with Gasteiger partial charge in [0.1, 0.15) is 12.0 Å². The number of fused-ring (bicyclic) bond motifs is 1. The summed E-state index contributed by atoms with van der Waals surface area (Å²) < 4.78 is 0. The maximum absolute atomic E-state index is 4.43. The molecule has 18 heavy (non-hydrogen) atoms. The van der Waals surface area contributed by atoms with Crippen molar-refractivity contribution in [1.29, 1.82) is 0 Å². The van der Waals surface area contributed by atoms with Crippen LogP contribution in [0.5, 0.6) is 0 Å². The average molecular weight is 245 g/mol. The van der Waals surface area contributed by atoms with Crippen molar-refractivity contribution >= 4 is 16.6 Å². The van der Waals surface area contributed by atoms with E-state index in [1.807, 2.05) is 31.3 Å². The fourth-order valence-corrected chi connectivity index (χ4v) is 1.96. The molecule has 0 spiro atoms. The molecule has 2 heterocycles. The zero-order chi connectivity index (χ0) is 13.1. The van der Waals surface area contributed by atoms with Crippen molar-refractivity contribution < 1.29 is 0 Å². The van der Waals surface area contributed by atoms with Crippen molar-refractivity contribution in [1.82, 2.24) is 24.8 Å². The first-order chi connectivity index (χ1) is 8.58. The molecule has 1 N–H and O–H groups in total. The number of hydrogen-bond donors (Lipinski definition) is 1. The molecule has 0 fully saturated rings. The third-order valence-corrected chi connectivity index (χ3v) is 2.56. The highest BCUT2D eigenvalue weighted by Gasteiger charge is 2.11. The summed E-state index contributed by atoms with van der Waals surface area (Å²) in [6.45, 7) is 0.843. The largest absolute Gasteiger partial charge is 0.383 e. The number of nitrogens with one attached hydrogen (secondary N) is 1. The van der Waals surface area contributed by atoms with Crippen LogP contribution in [-0.4, -0.2) is 59.5 Å². The highest BCUT2D eigenvalue weighted by molar-refractivity contribution is 5.88. The van der Waals surface area contributed by atoms with Crippen LogP contribution in [-0.2, 0) is 0 Å². The molecular weight excluding hydrogens is 226 g/mol. The highest BCUT2D eigenvalue weighted by Crippen LogP contribution is 2.21. The van der Waals surface area contributed by atoms with Gasteiger partial charge in [-0.3, -0.25) is 0 Å². The van der Waals surface area contributed by atoms with Gasteiger partial charge < -0.3 is 14.8 Å². The maximum atomic E-state index is 4.43. The zero-order valence-electron chi connectivity index (χ0n) is 11.3. The Labute approximate surface area is 107 Å². The number of hydrogen-bond acceptors (Lipinski definition) is 4. The predicted molar refractivity (Wildman–Crippen MR) is 74.1 cm³/mol. The summed E-state index contributed by atoms with van der Waals surface area (Å²) >= 11 is 0. The Morgan fingerprint density at radius 2 is 2.06 bits per heavy atom. The van der Waals surface area contributed by atoms with Gasteiger partial charge in [0.05, 0.1) is 5.69 Å². The van der Waals surface area contributed by atoms with Crippen molar-refractivity contribution in [3.8, 4) is 0 Å². The van der Waals surface area contributed by atoms with Gasteiger partial charge >= 0.3 is 0 Å². The van der Waals surface area contributed by atoms with Crippen LogP contribution >= 0.6 is 0 Å². The minimum atomic E-state index is 0.843. The van der Waals surface area contributed by atoms with Gasteiger partial charge in [-0.2, -0.15) is 0 Å².